The summed E-state index contributed by atoms with van der Waals surface area (Å²) in [6, 6.07) is 7.46. The number of phenols is 1. The van der Waals surface area contributed by atoms with Crippen LogP contribution in [0.1, 0.15) is 23.1 Å². The second kappa shape index (κ2) is 9.27. The number of ketones is 2. The second-order valence-electron chi connectivity index (χ2n) is 10.8. The van der Waals surface area contributed by atoms with Crippen molar-refractivity contribution in [1.82, 2.24) is 4.90 Å². The predicted octanol–water partition coefficient (Wildman–Crippen LogP) is 0.328. The van der Waals surface area contributed by atoms with Crippen LogP contribution in [-0.2, 0) is 27.3 Å². The van der Waals surface area contributed by atoms with Gasteiger partial charge in [-0.05, 0) is 55.4 Å². The Morgan fingerprint density at radius 3 is 2.42 bits per heavy atom. The van der Waals surface area contributed by atoms with Crippen molar-refractivity contribution in [1.29, 1.82) is 0 Å². The van der Waals surface area contributed by atoms with Crippen LogP contribution >= 0.6 is 0 Å². The van der Waals surface area contributed by atoms with Crippen LogP contribution in [0, 0.1) is 5.92 Å². The minimum Gasteiger partial charge on any atom is -0.507 e. The Labute approximate surface area is 230 Å². The summed E-state index contributed by atoms with van der Waals surface area (Å²) in [5.74, 6) is -5.23. The summed E-state index contributed by atoms with van der Waals surface area (Å²) in [7, 11) is 4.80. The summed E-state index contributed by atoms with van der Waals surface area (Å²) in [6.45, 7) is 0.187. The number of fused-ring (bicyclic) bond motifs is 3. The number of hydrogen-bond acceptors (Lipinski definition) is 10. The molecule has 0 heterocycles. The van der Waals surface area contributed by atoms with Crippen molar-refractivity contribution in [2.24, 2.45) is 17.4 Å². The van der Waals surface area contributed by atoms with Crippen molar-refractivity contribution in [3.05, 3.63) is 64.2 Å². The molecule has 0 saturated heterocycles. The first-order valence-corrected chi connectivity index (χ1v) is 12.7. The summed E-state index contributed by atoms with van der Waals surface area (Å²) in [5, 5.41) is 45.9. The summed E-state index contributed by atoms with van der Waals surface area (Å²) < 4.78 is 5.36. The summed E-state index contributed by atoms with van der Waals surface area (Å²) in [4.78, 5) is 41.0. The molecule has 8 N–H and O–H groups in total. The predicted molar refractivity (Wildman–Crippen MR) is 144 cm³/mol. The lowest BCUT2D eigenvalue weighted by molar-refractivity contribution is -0.166. The average Bonchev–Trinajstić information content (AvgIpc) is 2.89. The molecule has 1 amide bonds. The number of carbonyl (C=O) groups excluding carboxylic acids is 3. The number of hydrogen-bond donors (Lipinski definition) is 6. The number of nitrogens with two attached hydrogens (primary N) is 2. The largest absolute Gasteiger partial charge is 0.507 e. The van der Waals surface area contributed by atoms with E-state index >= 15 is 0 Å². The van der Waals surface area contributed by atoms with Crippen molar-refractivity contribution in [2.45, 2.75) is 36.6 Å². The number of aliphatic hydroxyl groups excluding tert-OH is 1. The van der Waals surface area contributed by atoms with E-state index in [9.17, 15) is 34.8 Å². The van der Waals surface area contributed by atoms with Crippen LogP contribution in [-0.4, -0.2) is 81.2 Å². The van der Waals surface area contributed by atoms with Crippen LogP contribution < -0.4 is 16.2 Å². The Balaban J connectivity index is 1.73. The number of aromatic hydroxyl groups is 1. The lowest BCUT2D eigenvalue weighted by Gasteiger charge is -2.52. The highest BCUT2D eigenvalue weighted by Crippen LogP contribution is 2.54. The molecule has 3 aliphatic rings. The minimum absolute atomic E-state index is 0.101. The fourth-order valence-corrected chi connectivity index (χ4v) is 6.46. The highest BCUT2D eigenvalue weighted by Gasteiger charge is 2.66. The lowest BCUT2D eigenvalue weighted by Crippen LogP contribution is -2.69. The molecule has 2 aromatic rings. The van der Waals surface area contributed by atoms with E-state index in [0.717, 1.165) is 0 Å². The number of amides is 1. The zero-order valence-corrected chi connectivity index (χ0v) is 22.3. The second-order valence-corrected chi connectivity index (χ2v) is 10.8. The van der Waals surface area contributed by atoms with Gasteiger partial charge in [0.15, 0.2) is 5.60 Å². The highest BCUT2D eigenvalue weighted by molar-refractivity contribution is 6.33. The van der Waals surface area contributed by atoms with E-state index in [1.165, 1.54) is 19.3 Å². The Morgan fingerprint density at radius 2 is 1.82 bits per heavy atom. The SMILES string of the molecule is COc1ccc(-c2ccc(O)c3c2C[C@@]2(O)C[C@H]4[C@H](N(C)C)C=C(C(N)=O)C(=O)[C@@]4(O)C(=O)C2=C3O)cc1CN. The molecule has 0 spiro atoms. The molecule has 0 aliphatic heterocycles. The number of methoxy groups -OCH3 is 1. The minimum atomic E-state index is -2.76. The Hall–Kier alpha value is -4.03. The zero-order chi connectivity index (χ0) is 29.3. The number of rotatable bonds is 5. The van der Waals surface area contributed by atoms with Crippen molar-refractivity contribution in [3.63, 3.8) is 0 Å². The maximum atomic E-state index is 14.0. The number of carbonyl (C=O) groups is 3. The van der Waals surface area contributed by atoms with Gasteiger partial charge in [0.25, 0.3) is 5.91 Å². The normalized spacial score (nSPS) is 27.6. The first-order valence-electron chi connectivity index (χ1n) is 12.7. The Kier molecular flexibility index (Phi) is 6.38. The van der Waals surface area contributed by atoms with Crippen LogP contribution in [0.2, 0.25) is 0 Å². The van der Waals surface area contributed by atoms with Crippen LogP contribution in [0.5, 0.6) is 11.5 Å². The Bertz CT molecular complexity index is 1540. The van der Waals surface area contributed by atoms with E-state index in [-0.39, 0.29) is 30.7 Å². The van der Waals surface area contributed by atoms with Crippen molar-refractivity contribution in [3.8, 4) is 22.6 Å². The zero-order valence-electron chi connectivity index (χ0n) is 22.3. The van der Waals surface area contributed by atoms with Gasteiger partial charge >= 0.3 is 0 Å². The first kappa shape index (κ1) is 27.5. The van der Waals surface area contributed by atoms with Crippen LogP contribution in [0.15, 0.2) is 47.6 Å². The molecule has 1 fully saturated rings. The molecule has 0 radical (unpaired) electrons. The van der Waals surface area contributed by atoms with Crippen molar-refractivity contribution < 1.29 is 39.5 Å². The third kappa shape index (κ3) is 3.69. The Morgan fingerprint density at radius 1 is 1.12 bits per heavy atom. The number of aliphatic hydroxyl groups is 3. The van der Waals surface area contributed by atoms with Gasteiger partial charge in [0, 0.05) is 30.5 Å². The van der Waals surface area contributed by atoms with E-state index < -0.39 is 57.5 Å². The van der Waals surface area contributed by atoms with E-state index in [0.29, 0.717) is 28.0 Å². The van der Waals surface area contributed by atoms with Crippen molar-refractivity contribution in [2.75, 3.05) is 21.2 Å². The molecule has 0 bridgehead atoms. The van der Waals surface area contributed by atoms with Gasteiger partial charge in [0.1, 0.15) is 22.9 Å². The van der Waals surface area contributed by atoms with Gasteiger partial charge in [-0.15, -0.1) is 0 Å². The van der Waals surface area contributed by atoms with Crippen LogP contribution in [0.25, 0.3) is 16.9 Å². The quantitative estimate of drug-likeness (QED) is 0.223. The van der Waals surface area contributed by atoms with Gasteiger partial charge in [0.2, 0.25) is 11.6 Å². The van der Waals surface area contributed by atoms with Gasteiger partial charge in [-0.1, -0.05) is 18.2 Å². The van der Waals surface area contributed by atoms with Gasteiger partial charge in [-0.3, -0.25) is 14.4 Å². The molecule has 11 nitrogen and oxygen atoms in total. The maximum absolute atomic E-state index is 14.0. The van der Waals surface area contributed by atoms with Crippen LogP contribution in [0.3, 0.4) is 0 Å². The average molecular weight is 550 g/mol. The number of ether oxygens (including phenoxy) is 1. The van der Waals surface area contributed by atoms with Gasteiger partial charge in [-0.25, -0.2) is 0 Å². The van der Waals surface area contributed by atoms with E-state index in [2.05, 4.69) is 0 Å². The standard InChI is InChI=1S/C29H31N3O8/c1-32(2)19-9-16(27(31)37)25(35)29(39)18(19)11-28(38)10-17-15(13-4-7-21(40-3)14(8-13)12-30)5-6-20(33)22(17)24(34)23(28)26(29)36/h4-9,18-19,33-34,38-39H,10-12,30H2,1-3H3,(H2,31,37)/t18-,19+,28+,29+/m0/s1. The molecule has 3 aliphatic carbocycles. The maximum Gasteiger partial charge on any atom is 0.252 e. The topological polar surface area (TPSA) is 197 Å². The summed E-state index contributed by atoms with van der Waals surface area (Å²) >= 11 is 0. The monoisotopic (exact) mass is 549 g/mol. The van der Waals surface area contributed by atoms with E-state index in [1.54, 1.807) is 43.3 Å². The number of likely N-dealkylation sites (N-methyl/N-ethyl adjacent to an activating group) is 1. The summed E-state index contributed by atoms with van der Waals surface area (Å²) in [6.07, 6.45) is 0.778. The molecule has 1 saturated carbocycles. The molecule has 5 rings (SSSR count). The smallest absolute Gasteiger partial charge is 0.252 e. The molecular weight excluding hydrogens is 518 g/mol. The fourth-order valence-electron chi connectivity index (χ4n) is 6.46. The summed E-state index contributed by atoms with van der Waals surface area (Å²) in [5.41, 5.74) is 7.60. The van der Waals surface area contributed by atoms with Gasteiger partial charge < -0.3 is 41.5 Å². The first-order chi connectivity index (χ1) is 18.8. The van der Waals surface area contributed by atoms with Crippen molar-refractivity contribution >= 4 is 23.2 Å². The third-order valence-corrected chi connectivity index (χ3v) is 8.38. The number of Topliss-reactive ketones (excluding diaryl/α,β-unsaturated/α-hetero) is 2. The van der Waals surface area contributed by atoms with Crippen LogP contribution in [0.4, 0.5) is 0 Å². The molecular formula is C29H31N3O8. The highest BCUT2D eigenvalue weighted by atomic mass is 16.5. The lowest BCUT2D eigenvalue weighted by atomic mass is 9.55. The van der Waals surface area contributed by atoms with E-state index in [1.807, 2.05) is 0 Å². The number of benzene rings is 2. The fraction of sp³-hybridized carbons (Fsp3) is 0.345. The molecule has 2 aromatic carbocycles. The molecule has 0 unspecified atom stereocenters. The van der Waals surface area contributed by atoms with Gasteiger partial charge in [-0.2, -0.15) is 0 Å². The number of phenolic OH excluding ortho intramolecular Hbond substituents is 1. The molecule has 210 valence electrons. The number of nitrogens with zero attached hydrogens (tertiary/aromatic N) is 1. The molecule has 0 aromatic heterocycles. The molecule has 11 heteroatoms. The third-order valence-electron chi connectivity index (χ3n) is 8.38. The molecule has 4 atom stereocenters. The van der Waals surface area contributed by atoms with E-state index in [4.69, 9.17) is 16.2 Å². The van der Waals surface area contributed by atoms with Gasteiger partial charge in [0.05, 0.1) is 23.8 Å². The molecule has 40 heavy (non-hydrogen) atoms. The number of primary amides is 1.